The smallest absolute Gasteiger partial charge is 0.264 e. The first kappa shape index (κ1) is 16.1. The van der Waals surface area contributed by atoms with Crippen molar-refractivity contribution in [1.82, 2.24) is 15.5 Å². The Morgan fingerprint density at radius 2 is 2.00 bits per heavy atom. The highest BCUT2D eigenvalue weighted by molar-refractivity contribution is 5.66. The van der Waals surface area contributed by atoms with Gasteiger partial charge in [0.1, 0.15) is 11.4 Å². The van der Waals surface area contributed by atoms with Crippen molar-refractivity contribution in [3.8, 4) is 17.0 Å². The maximum atomic E-state index is 11.5. The number of nitrogens with zero attached hydrogens (tertiary/aromatic N) is 1. The molecular weight excluding hydrogens is 326 g/mol. The molecule has 3 heterocycles. The van der Waals surface area contributed by atoms with Gasteiger partial charge in [-0.25, -0.2) is 5.10 Å². The normalized spacial score (nSPS) is 24.1. The summed E-state index contributed by atoms with van der Waals surface area (Å²) in [6.07, 6.45) is 6.11. The molecule has 0 bridgehead atoms. The molecule has 1 aromatic carbocycles. The number of aromatic amines is 1. The van der Waals surface area contributed by atoms with Gasteiger partial charge in [-0.2, -0.15) is 5.10 Å². The van der Waals surface area contributed by atoms with Crippen LogP contribution in [0.25, 0.3) is 11.3 Å². The third-order valence-corrected chi connectivity index (χ3v) is 6.57. The van der Waals surface area contributed by atoms with Gasteiger partial charge in [0.15, 0.2) is 0 Å². The van der Waals surface area contributed by atoms with Crippen LogP contribution < -0.4 is 15.6 Å². The Kier molecular flexibility index (Phi) is 3.67. The summed E-state index contributed by atoms with van der Waals surface area (Å²) in [4.78, 5) is 11.5. The largest absolute Gasteiger partial charge is 0.486 e. The lowest BCUT2D eigenvalue weighted by Gasteiger charge is -2.44. The third kappa shape index (κ3) is 2.41. The van der Waals surface area contributed by atoms with Gasteiger partial charge in [-0.15, -0.1) is 0 Å². The maximum absolute atomic E-state index is 11.5. The Morgan fingerprint density at radius 3 is 2.69 bits per heavy atom. The van der Waals surface area contributed by atoms with E-state index in [1.807, 2.05) is 6.92 Å². The number of H-pyrrole nitrogens is 1. The van der Waals surface area contributed by atoms with Crippen LogP contribution in [0.4, 0.5) is 0 Å². The lowest BCUT2D eigenvalue weighted by Crippen LogP contribution is -2.50. The molecule has 1 spiro atoms. The molecular formula is C21H25N3O2. The van der Waals surface area contributed by atoms with Gasteiger partial charge in [-0.3, -0.25) is 4.79 Å². The fourth-order valence-electron chi connectivity index (χ4n) is 5.11. The predicted molar refractivity (Wildman–Crippen MR) is 101 cm³/mol. The van der Waals surface area contributed by atoms with Crippen molar-refractivity contribution >= 4 is 0 Å². The molecule has 2 aromatic rings. The molecule has 26 heavy (non-hydrogen) atoms. The number of aryl methyl sites for hydroxylation is 1. The first-order valence-electron chi connectivity index (χ1n) is 9.77. The summed E-state index contributed by atoms with van der Waals surface area (Å²) in [6.45, 7) is 4.01. The topological polar surface area (TPSA) is 67.0 Å². The van der Waals surface area contributed by atoms with Gasteiger partial charge in [0, 0.05) is 36.0 Å². The van der Waals surface area contributed by atoms with Crippen LogP contribution in [0.15, 0.2) is 29.1 Å². The third-order valence-electron chi connectivity index (χ3n) is 6.57. The summed E-state index contributed by atoms with van der Waals surface area (Å²) < 4.78 is 6.63. The van der Waals surface area contributed by atoms with E-state index in [4.69, 9.17) is 4.74 Å². The van der Waals surface area contributed by atoms with Crippen LogP contribution in [0.5, 0.6) is 5.75 Å². The molecule has 136 valence electrons. The van der Waals surface area contributed by atoms with Crippen molar-refractivity contribution in [2.45, 2.75) is 50.5 Å². The lowest BCUT2D eigenvalue weighted by molar-refractivity contribution is 0.00376. The molecule has 3 aliphatic rings. The van der Waals surface area contributed by atoms with Crippen molar-refractivity contribution in [2.24, 2.45) is 5.92 Å². The van der Waals surface area contributed by atoms with Crippen molar-refractivity contribution < 1.29 is 4.74 Å². The number of rotatable bonds is 2. The number of hydrogen-bond acceptors (Lipinski definition) is 4. The second-order valence-electron chi connectivity index (χ2n) is 8.10. The Morgan fingerprint density at radius 1 is 1.19 bits per heavy atom. The highest BCUT2D eigenvalue weighted by Gasteiger charge is 2.52. The second-order valence-corrected chi connectivity index (χ2v) is 8.10. The average molecular weight is 351 g/mol. The summed E-state index contributed by atoms with van der Waals surface area (Å²) in [7, 11) is 0. The minimum absolute atomic E-state index is 0.0369. The molecule has 5 nitrogen and oxygen atoms in total. The van der Waals surface area contributed by atoms with Crippen LogP contribution in [-0.2, 0) is 0 Å². The zero-order chi connectivity index (χ0) is 17.7. The average Bonchev–Trinajstić information content (AvgIpc) is 2.87. The van der Waals surface area contributed by atoms with Crippen LogP contribution in [0.2, 0.25) is 0 Å². The van der Waals surface area contributed by atoms with Crippen LogP contribution in [-0.4, -0.2) is 28.9 Å². The molecule has 0 amide bonds. The Bertz CT molecular complexity index is 894. The van der Waals surface area contributed by atoms with Crippen LogP contribution >= 0.6 is 0 Å². The number of benzene rings is 1. The molecule has 2 N–H and O–H groups in total. The van der Waals surface area contributed by atoms with Crippen LogP contribution in [0.3, 0.4) is 0 Å². The van der Waals surface area contributed by atoms with E-state index in [0.29, 0.717) is 5.92 Å². The quantitative estimate of drug-likeness (QED) is 0.872. The van der Waals surface area contributed by atoms with Crippen molar-refractivity contribution in [3.05, 3.63) is 45.7 Å². The highest BCUT2D eigenvalue weighted by atomic mass is 16.5. The van der Waals surface area contributed by atoms with E-state index in [2.05, 4.69) is 33.7 Å². The summed E-state index contributed by atoms with van der Waals surface area (Å²) >= 11 is 0. The molecule has 0 radical (unpaired) electrons. The van der Waals surface area contributed by atoms with E-state index in [0.717, 1.165) is 54.4 Å². The summed E-state index contributed by atoms with van der Waals surface area (Å²) in [5.41, 5.74) is 3.98. The maximum Gasteiger partial charge on any atom is 0.264 e. The van der Waals surface area contributed by atoms with Gasteiger partial charge in [0.2, 0.25) is 0 Å². The number of aromatic nitrogens is 2. The number of fused-ring (bicyclic) bond motifs is 1. The fraction of sp³-hybridized carbons (Fsp3) is 0.524. The molecule has 1 unspecified atom stereocenters. The van der Waals surface area contributed by atoms with Gasteiger partial charge < -0.3 is 10.1 Å². The van der Waals surface area contributed by atoms with E-state index < -0.39 is 0 Å². The lowest BCUT2D eigenvalue weighted by atomic mass is 9.64. The van der Waals surface area contributed by atoms with Gasteiger partial charge >= 0.3 is 0 Å². The van der Waals surface area contributed by atoms with E-state index in [9.17, 15) is 4.79 Å². The second kappa shape index (κ2) is 5.95. The summed E-state index contributed by atoms with van der Waals surface area (Å²) in [6, 6.07) is 8.07. The highest BCUT2D eigenvalue weighted by Crippen LogP contribution is 2.57. The van der Waals surface area contributed by atoms with Crippen molar-refractivity contribution in [1.29, 1.82) is 0 Å². The van der Waals surface area contributed by atoms with Gasteiger partial charge in [-0.05, 0) is 62.5 Å². The van der Waals surface area contributed by atoms with Crippen LogP contribution in [0.1, 0.15) is 49.1 Å². The monoisotopic (exact) mass is 351 g/mol. The molecule has 1 atom stereocenters. The van der Waals surface area contributed by atoms with Crippen molar-refractivity contribution in [2.75, 3.05) is 13.1 Å². The van der Waals surface area contributed by atoms with Gasteiger partial charge in [-0.1, -0.05) is 6.42 Å². The molecule has 1 saturated carbocycles. The van der Waals surface area contributed by atoms with E-state index in [1.165, 1.54) is 24.8 Å². The van der Waals surface area contributed by atoms with Crippen molar-refractivity contribution in [3.63, 3.8) is 0 Å². The number of piperidine rings is 1. The number of ether oxygens (including phenoxy) is 1. The predicted octanol–water partition coefficient (Wildman–Crippen LogP) is 3.14. The van der Waals surface area contributed by atoms with Gasteiger partial charge in [0.05, 0.1) is 5.69 Å². The van der Waals surface area contributed by atoms with E-state index >= 15 is 0 Å². The molecule has 2 fully saturated rings. The molecule has 1 aliphatic carbocycles. The number of nitrogens with one attached hydrogen (secondary N) is 2. The molecule has 5 heteroatoms. The standard InChI is InChI=1S/C21H25N3O2/c1-13-11-18(25)23-24-20(13)15-5-6-17-16(12-15)19(14-3-2-4-14)21(26-17)7-9-22-10-8-21/h5-6,11-12,14,19,22H,2-4,7-10H2,1H3,(H,23,25). The summed E-state index contributed by atoms with van der Waals surface area (Å²) in [5.74, 6) is 2.26. The Balaban J connectivity index is 1.59. The zero-order valence-corrected chi connectivity index (χ0v) is 15.2. The summed E-state index contributed by atoms with van der Waals surface area (Å²) in [5, 5.41) is 10.4. The first-order valence-corrected chi connectivity index (χ1v) is 9.77. The molecule has 1 aromatic heterocycles. The molecule has 5 rings (SSSR count). The molecule has 2 aliphatic heterocycles. The van der Waals surface area contributed by atoms with E-state index in [1.54, 1.807) is 6.07 Å². The number of hydrogen-bond donors (Lipinski definition) is 2. The van der Waals surface area contributed by atoms with E-state index in [-0.39, 0.29) is 11.2 Å². The minimum Gasteiger partial charge on any atom is -0.486 e. The first-order chi connectivity index (χ1) is 12.7. The SMILES string of the molecule is Cc1cc(=O)[nH]nc1-c1ccc2c(c1)C(C1CCC1)C1(CCNCC1)O2. The molecule has 1 saturated heterocycles. The fourth-order valence-corrected chi connectivity index (χ4v) is 5.11. The Hall–Kier alpha value is -2.14. The van der Waals surface area contributed by atoms with Crippen LogP contribution in [0, 0.1) is 12.8 Å². The minimum atomic E-state index is -0.156. The van der Waals surface area contributed by atoms with Gasteiger partial charge in [0.25, 0.3) is 5.56 Å². The Labute approximate surface area is 153 Å². The zero-order valence-electron chi connectivity index (χ0n) is 15.2.